The molecule has 16 heavy (non-hydrogen) atoms. The van der Waals surface area contributed by atoms with Gasteiger partial charge < -0.3 is 9.72 Å². The second kappa shape index (κ2) is 6.76. The van der Waals surface area contributed by atoms with Crippen LogP contribution in [0.1, 0.15) is 51.2 Å². The van der Waals surface area contributed by atoms with E-state index in [1.54, 1.807) is 0 Å². The summed E-state index contributed by atoms with van der Waals surface area (Å²) in [7, 11) is 0. The van der Waals surface area contributed by atoms with Gasteiger partial charge in [0.1, 0.15) is 16.6 Å². The standard InChI is InChI=1S/C12H20N2OS/c1-4-7-9-8-11(16)14-12(13-9)10(5-2)15-6-3/h8,10H,4-7H2,1-3H3,(H,13,14,16). The van der Waals surface area contributed by atoms with E-state index in [4.69, 9.17) is 17.0 Å². The van der Waals surface area contributed by atoms with Crippen molar-refractivity contribution >= 4 is 12.2 Å². The maximum atomic E-state index is 5.63. The number of aromatic nitrogens is 2. The van der Waals surface area contributed by atoms with Crippen molar-refractivity contribution in [3.8, 4) is 0 Å². The second-order valence-corrected chi connectivity index (χ2v) is 4.15. The van der Waals surface area contributed by atoms with Crippen LogP contribution in [-0.4, -0.2) is 16.6 Å². The summed E-state index contributed by atoms with van der Waals surface area (Å²) in [5.74, 6) is 0.861. The summed E-state index contributed by atoms with van der Waals surface area (Å²) in [5, 5.41) is 0. The lowest BCUT2D eigenvalue weighted by Crippen LogP contribution is -2.09. The van der Waals surface area contributed by atoms with E-state index in [0.29, 0.717) is 11.2 Å². The number of H-pyrrole nitrogens is 1. The van der Waals surface area contributed by atoms with Crippen LogP contribution >= 0.6 is 12.2 Å². The fourth-order valence-corrected chi connectivity index (χ4v) is 1.92. The van der Waals surface area contributed by atoms with Crippen LogP contribution in [0.5, 0.6) is 0 Å². The largest absolute Gasteiger partial charge is 0.371 e. The Morgan fingerprint density at radius 2 is 2.19 bits per heavy atom. The lowest BCUT2D eigenvalue weighted by atomic mass is 10.2. The molecule has 1 N–H and O–H groups in total. The van der Waals surface area contributed by atoms with Gasteiger partial charge in [0.05, 0.1) is 0 Å². The summed E-state index contributed by atoms with van der Waals surface area (Å²) >= 11 is 5.17. The molecule has 0 aliphatic rings. The number of aryl methyl sites for hydroxylation is 1. The Hall–Kier alpha value is -0.740. The van der Waals surface area contributed by atoms with Gasteiger partial charge in [0.15, 0.2) is 0 Å². The minimum atomic E-state index is 0.0310. The highest BCUT2D eigenvalue weighted by Gasteiger charge is 2.11. The first-order chi connectivity index (χ1) is 7.71. The SMILES string of the molecule is CCCc1cc(=S)nc(C(CC)OCC)[nH]1. The summed E-state index contributed by atoms with van der Waals surface area (Å²) in [6, 6.07) is 1.93. The van der Waals surface area contributed by atoms with E-state index in [9.17, 15) is 0 Å². The molecule has 0 fully saturated rings. The van der Waals surface area contributed by atoms with Gasteiger partial charge in [-0.1, -0.05) is 32.5 Å². The van der Waals surface area contributed by atoms with Crippen LogP contribution < -0.4 is 0 Å². The zero-order valence-corrected chi connectivity index (χ0v) is 11.1. The van der Waals surface area contributed by atoms with Crippen molar-refractivity contribution in [1.29, 1.82) is 0 Å². The van der Waals surface area contributed by atoms with Crippen LogP contribution in [0.25, 0.3) is 0 Å². The zero-order chi connectivity index (χ0) is 12.0. The Morgan fingerprint density at radius 3 is 2.75 bits per heavy atom. The van der Waals surface area contributed by atoms with E-state index in [1.807, 2.05) is 13.0 Å². The number of ether oxygens (including phenoxy) is 1. The van der Waals surface area contributed by atoms with Crippen molar-refractivity contribution in [2.24, 2.45) is 0 Å². The average Bonchev–Trinajstić information content (AvgIpc) is 2.25. The molecule has 0 saturated carbocycles. The number of nitrogens with zero attached hydrogens (tertiary/aromatic N) is 1. The maximum Gasteiger partial charge on any atom is 0.137 e. The topological polar surface area (TPSA) is 37.9 Å². The Kier molecular flexibility index (Phi) is 5.63. The molecule has 0 aliphatic heterocycles. The van der Waals surface area contributed by atoms with Gasteiger partial charge >= 0.3 is 0 Å². The van der Waals surface area contributed by atoms with Crippen LogP contribution in [0.15, 0.2) is 6.07 Å². The number of hydrogen-bond acceptors (Lipinski definition) is 3. The Balaban J connectivity index is 2.97. The van der Waals surface area contributed by atoms with Crippen molar-refractivity contribution in [2.75, 3.05) is 6.61 Å². The Labute approximate surface area is 102 Å². The van der Waals surface area contributed by atoms with Crippen LogP contribution in [0.2, 0.25) is 0 Å². The second-order valence-electron chi connectivity index (χ2n) is 3.73. The van der Waals surface area contributed by atoms with Crippen molar-refractivity contribution in [3.63, 3.8) is 0 Å². The van der Waals surface area contributed by atoms with E-state index >= 15 is 0 Å². The minimum absolute atomic E-state index is 0.0310. The molecule has 0 radical (unpaired) electrons. The van der Waals surface area contributed by atoms with Gasteiger partial charge in [-0.15, -0.1) is 0 Å². The van der Waals surface area contributed by atoms with Gasteiger partial charge in [0.25, 0.3) is 0 Å². The normalized spacial score (nSPS) is 12.7. The fraction of sp³-hybridized carbons (Fsp3) is 0.667. The molecule has 1 aromatic rings. The van der Waals surface area contributed by atoms with Gasteiger partial charge in [-0.25, -0.2) is 4.98 Å². The smallest absolute Gasteiger partial charge is 0.137 e. The molecule has 3 nitrogen and oxygen atoms in total. The highest BCUT2D eigenvalue weighted by molar-refractivity contribution is 7.71. The first kappa shape index (κ1) is 13.3. The maximum absolute atomic E-state index is 5.63. The van der Waals surface area contributed by atoms with Crippen molar-refractivity contribution in [3.05, 3.63) is 22.2 Å². The quantitative estimate of drug-likeness (QED) is 0.772. The summed E-state index contributed by atoms with van der Waals surface area (Å²) in [5.41, 5.74) is 1.15. The molecule has 1 aromatic heterocycles. The van der Waals surface area contributed by atoms with Crippen LogP contribution in [-0.2, 0) is 11.2 Å². The molecule has 1 rings (SSSR count). The Bertz CT molecular complexity index is 376. The van der Waals surface area contributed by atoms with E-state index in [1.165, 1.54) is 0 Å². The first-order valence-corrected chi connectivity index (χ1v) is 6.33. The third-order valence-electron chi connectivity index (χ3n) is 2.38. The monoisotopic (exact) mass is 240 g/mol. The number of hydrogen-bond donors (Lipinski definition) is 1. The molecule has 4 heteroatoms. The molecule has 90 valence electrons. The van der Waals surface area contributed by atoms with Crippen LogP contribution in [0.3, 0.4) is 0 Å². The molecule has 1 heterocycles. The predicted molar refractivity (Wildman–Crippen MR) is 68.1 cm³/mol. The van der Waals surface area contributed by atoms with E-state index in [2.05, 4.69) is 23.8 Å². The highest BCUT2D eigenvalue weighted by Crippen LogP contribution is 2.17. The summed E-state index contributed by atoms with van der Waals surface area (Å²) in [6.07, 6.45) is 3.03. The lowest BCUT2D eigenvalue weighted by molar-refractivity contribution is 0.0532. The fourth-order valence-electron chi connectivity index (χ4n) is 1.68. The van der Waals surface area contributed by atoms with Gasteiger partial charge in [-0.05, 0) is 25.8 Å². The molecule has 0 spiro atoms. The third kappa shape index (κ3) is 3.68. The van der Waals surface area contributed by atoms with E-state index < -0.39 is 0 Å². The molecule has 1 unspecified atom stereocenters. The zero-order valence-electron chi connectivity index (χ0n) is 10.2. The number of nitrogens with one attached hydrogen (secondary N) is 1. The number of aromatic amines is 1. The summed E-state index contributed by atoms with van der Waals surface area (Å²) in [6.45, 7) is 6.92. The van der Waals surface area contributed by atoms with Crippen molar-refractivity contribution in [1.82, 2.24) is 9.97 Å². The molecule has 0 bridgehead atoms. The van der Waals surface area contributed by atoms with Gasteiger partial charge in [-0.3, -0.25) is 0 Å². The van der Waals surface area contributed by atoms with Crippen molar-refractivity contribution in [2.45, 2.75) is 46.1 Å². The molecule has 1 atom stereocenters. The molecular formula is C12H20N2OS. The molecular weight excluding hydrogens is 220 g/mol. The highest BCUT2D eigenvalue weighted by atomic mass is 32.1. The van der Waals surface area contributed by atoms with E-state index in [0.717, 1.165) is 30.8 Å². The predicted octanol–water partition coefficient (Wildman–Crippen LogP) is 3.58. The molecule has 0 saturated heterocycles. The Morgan fingerprint density at radius 1 is 1.44 bits per heavy atom. The average molecular weight is 240 g/mol. The molecule has 0 aromatic carbocycles. The van der Waals surface area contributed by atoms with Crippen LogP contribution in [0.4, 0.5) is 0 Å². The minimum Gasteiger partial charge on any atom is -0.371 e. The summed E-state index contributed by atoms with van der Waals surface area (Å²) < 4.78 is 6.27. The van der Waals surface area contributed by atoms with Crippen LogP contribution in [0, 0.1) is 4.64 Å². The number of rotatable bonds is 6. The van der Waals surface area contributed by atoms with E-state index in [-0.39, 0.29) is 6.10 Å². The van der Waals surface area contributed by atoms with Crippen molar-refractivity contribution < 1.29 is 4.74 Å². The third-order valence-corrected chi connectivity index (χ3v) is 2.59. The molecule has 0 amide bonds. The lowest BCUT2D eigenvalue weighted by Gasteiger charge is -2.15. The summed E-state index contributed by atoms with van der Waals surface area (Å²) in [4.78, 5) is 7.66. The van der Waals surface area contributed by atoms with Gasteiger partial charge in [0.2, 0.25) is 0 Å². The van der Waals surface area contributed by atoms with Gasteiger partial charge in [-0.2, -0.15) is 0 Å². The molecule has 0 aliphatic carbocycles. The van der Waals surface area contributed by atoms with Gasteiger partial charge in [0, 0.05) is 12.3 Å². The first-order valence-electron chi connectivity index (χ1n) is 5.92.